The number of unbranched alkanes of at least 4 members (excludes halogenated alkanes) is 2. The summed E-state index contributed by atoms with van der Waals surface area (Å²) in [6.45, 7) is 3.51. The molecular weight excluding hydrogens is 262 g/mol. The number of amides is 2. The Balaban J connectivity index is 2.68. The first-order chi connectivity index (χ1) is 9.45. The van der Waals surface area contributed by atoms with E-state index < -0.39 is 10.8 Å². The van der Waals surface area contributed by atoms with Crippen LogP contribution < -0.4 is 5.32 Å². The fourth-order valence-electron chi connectivity index (χ4n) is 1.68. The van der Waals surface area contributed by atoms with E-state index in [-0.39, 0.29) is 23.0 Å². The molecule has 0 fully saturated rings. The molecular formula is C13H17N3O4. The average molecular weight is 279 g/mol. The predicted octanol–water partition coefficient (Wildman–Crippen LogP) is 2.13. The zero-order valence-corrected chi connectivity index (χ0v) is 11.5. The monoisotopic (exact) mass is 279 g/mol. The molecule has 0 radical (unpaired) electrons. The van der Waals surface area contributed by atoms with Crippen molar-refractivity contribution >= 4 is 17.6 Å². The van der Waals surface area contributed by atoms with Gasteiger partial charge in [0.25, 0.3) is 5.91 Å². The highest BCUT2D eigenvalue weighted by Gasteiger charge is 2.18. The lowest BCUT2D eigenvalue weighted by Crippen LogP contribution is -2.30. The second kappa shape index (κ2) is 7.32. The topological polar surface area (TPSA) is 102 Å². The second-order valence-electron chi connectivity index (χ2n) is 4.39. The molecule has 0 bridgehead atoms. The summed E-state index contributed by atoms with van der Waals surface area (Å²) in [6, 6.07) is 2.44. The molecule has 20 heavy (non-hydrogen) atoms. The normalized spacial score (nSPS) is 10.1. The van der Waals surface area contributed by atoms with E-state index in [1.807, 2.05) is 6.92 Å². The Morgan fingerprint density at radius 3 is 2.60 bits per heavy atom. The predicted molar refractivity (Wildman–Crippen MR) is 72.2 cm³/mol. The Morgan fingerprint density at radius 2 is 2.05 bits per heavy atom. The first-order valence-corrected chi connectivity index (χ1v) is 6.42. The number of aromatic nitrogens is 1. The third kappa shape index (κ3) is 4.42. The fourth-order valence-corrected chi connectivity index (χ4v) is 1.68. The number of hydrogen-bond donors (Lipinski definition) is 1. The van der Waals surface area contributed by atoms with E-state index in [2.05, 4.69) is 10.3 Å². The van der Waals surface area contributed by atoms with Gasteiger partial charge in [0.1, 0.15) is 0 Å². The Labute approximate surface area is 116 Å². The van der Waals surface area contributed by atoms with Gasteiger partial charge < -0.3 is 10.1 Å². The van der Waals surface area contributed by atoms with Gasteiger partial charge in [0.15, 0.2) is 5.69 Å². The molecule has 1 rings (SSSR count). The van der Waals surface area contributed by atoms with E-state index in [0.717, 1.165) is 25.3 Å². The largest absolute Gasteiger partial charge is 0.363 e. The molecule has 0 aliphatic carbocycles. The van der Waals surface area contributed by atoms with Crippen molar-refractivity contribution in [2.75, 3.05) is 0 Å². The van der Waals surface area contributed by atoms with Crippen LogP contribution in [0.4, 0.5) is 5.82 Å². The highest BCUT2D eigenvalue weighted by atomic mass is 16.6. The van der Waals surface area contributed by atoms with Gasteiger partial charge in [-0.3, -0.25) is 14.9 Å². The van der Waals surface area contributed by atoms with Crippen LogP contribution in [0.1, 0.15) is 48.7 Å². The van der Waals surface area contributed by atoms with Gasteiger partial charge in [-0.05, 0) is 22.4 Å². The third-order valence-corrected chi connectivity index (χ3v) is 2.76. The molecule has 7 nitrogen and oxygen atoms in total. The first kappa shape index (κ1) is 15.7. The number of aryl methyl sites for hydroxylation is 1. The van der Waals surface area contributed by atoms with Crippen molar-refractivity contribution in [1.29, 1.82) is 0 Å². The Hall–Kier alpha value is -2.31. The van der Waals surface area contributed by atoms with Gasteiger partial charge in [0.2, 0.25) is 5.91 Å². The third-order valence-electron chi connectivity index (χ3n) is 2.76. The minimum Gasteiger partial charge on any atom is -0.358 e. The van der Waals surface area contributed by atoms with Crippen LogP contribution in [0.15, 0.2) is 12.1 Å². The van der Waals surface area contributed by atoms with Gasteiger partial charge >= 0.3 is 5.82 Å². The van der Waals surface area contributed by atoms with Gasteiger partial charge in [0, 0.05) is 19.4 Å². The van der Waals surface area contributed by atoms with Crippen molar-refractivity contribution in [2.24, 2.45) is 0 Å². The van der Waals surface area contributed by atoms with E-state index in [1.54, 1.807) is 0 Å². The highest BCUT2D eigenvalue weighted by molar-refractivity contribution is 6.05. The minimum absolute atomic E-state index is 0.166. The number of carbonyl (C=O) groups is 2. The van der Waals surface area contributed by atoms with Gasteiger partial charge in [-0.1, -0.05) is 19.8 Å². The molecule has 1 heterocycles. The van der Waals surface area contributed by atoms with Crippen LogP contribution in [0.5, 0.6) is 0 Å². The van der Waals surface area contributed by atoms with Gasteiger partial charge in [-0.15, -0.1) is 0 Å². The average Bonchev–Trinajstić information content (AvgIpc) is 2.38. The van der Waals surface area contributed by atoms with Crippen molar-refractivity contribution in [3.05, 3.63) is 33.5 Å². The Kier molecular flexibility index (Phi) is 5.76. The molecule has 0 saturated carbocycles. The van der Waals surface area contributed by atoms with Crippen molar-refractivity contribution in [1.82, 2.24) is 10.3 Å². The smallest absolute Gasteiger partial charge is 0.358 e. The highest BCUT2D eigenvalue weighted by Crippen LogP contribution is 2.12. The summed E-state index contributed by atoms with van der Waals surface area (Å²) in [5, 5.41) is 12.8. The molecule has 1 aromatic heterocycles. The lowest BCUT2D eigenvalue weighted by Gasteiger charge is -2.04. The molecule has 108 valence electrons. The van der Waals surface area contributed by atoms with E-state index >= 15 is 0 Å². The van der Waals surface area contributed by atoms with E-state index in [1.165, 1.54) is 13.0 Å². The van der Waals surface area contributed by atoms with E-state index in [4.69, 9.17) is 0 Å². The summed E-state index contributed by atoms with van der Waals surface area (Å²) >= 11 is 0. The number of nitro groups is 1. The summed E-state index contributed by atoms with van der Waals surface area (Å²) in [7, 11) is 0. The van der Waals surface area contributed by atoms with Crippen LogP contribution in [0.2, 0.25) is 0 Å². The quantitative estimate of drug-likeness (QED) is 0.488. The van der Waals surface area contributed by atoms with Crippen molar-refractivity contribution < 1.29 is 14.5 Å². The molecule has 7 heteroatoms. The molecule has 0 aromatic carbocycles. The minimum atomic E-state index is -0.634. The van der Waals surface area contributed by atoms with Gasteiger partial charge in [-0.2, -0.15) is 0 Å². The van der Waals surface area contributed by atoms with Crippen LogP contribution in [-0.4, -0.2) is 21.7 Å². The summed E-state index contributed by atoms with van der Waals surface area (Å²) in [4.78, 5) is 37.0. The molecule has 0 spiro atoms. The number of pyridine rings is 1. The van der Waals surface area contributed by atoms with E-state index in [0.29, 0.717) is 6.42 Å². The van der Waals surface area contributed by atoms with Crippen molar-refractivity contribution in [2.45, 2.75) is 39.5 Å². The number of nitrogens with zero attached hydrogens (tertiary/aromatic N) is 2. The molecule has 0 saturated heterocycles. The fraction of sp³-hybridized carbons (Fsp3) is 0.462. The van der Waals surface area contributed by atoms with Gasteiger partial charge in [0.05, 0.1) is 5.56 Å². The van der Waals surface area contributed by atoms with Crippen LogP contribution in [-0.2, 0) is 4.79 Å². The van der Waals surface area contributed by atoms with E-state index in [9.17, 15) is 19.7 Å². The Morgan fingerprint density at radius 1 is 1.35 bits per heavy atom. The SMILES string of the molecule is CCCCCC(=O)NC(=O)c1ccc([N+](=O)[O-])nc1C. The van der Waals surface area contributed by atoms with Gasteiger partial charge in [-0.25, -0.2) is 0 Å². The number of carbonyl (C=O) groups excluding carboxylic acids is 2. The maximum atomic E-state index is 11.8. The number of nitrogens with one attached hydrogen (secondary N) is 1. The number of imide groups is 1. The maximum Gasteiger partial charge on any atom is 0.363 e. The molecule has 0 aliphatic rings. The molecule has 0 atom stereocenters. The standard InChI is InChI=1S/C13H17N3O4/c1-3-4-5-6-12(17)15-13(18)10-7-8-11(16(19)20)14-9(10)2/h7-8H,3-6H2,1-2H3,(H,15,17,18). The summed E-state index contributed by atoms with van der Waals surface area (Å²) in [5.74, 6) is -1.25. The Bertz CT molecular complexity index is 528. The number of hydrogen-bond acceptors (Lipinski definition) is 5. The zero-order chi connectivity index (χ0) is 15.1. The van der Waals surface area contributed by atoms with Crippen molar-refractivity contribution in [3.63, 3.8) is 0 Å². The zero-order valence-electron chi connectivity index (χ0n) is 11.5. The number of rotatable bonds is 6. The van der Waals surface area contributed by atoms with Crippen molar-refractivity contribution in [3.8, 4) is 0 Å². The van der Waals surface area contributed by atoms with Crippen LogP contribution in [0.3, 0.4) is 0 Å². The summed E-state index contributed by atoms with van der Waals surface area (Å²) < 4.78 is 0. The maximum absolute atomic E-state index is 11.8. The summed E-state index contributed by atoms with van der Waals surface area (Å²) in [5.41, 5.74) is 0.387. The van der Waals surface area contributed by atoms with Crippen LogP contribution >= 0.6 is 0 Å². The first-order valence-electron chi connectivity index (χ1n) is 6.42. The molecule has 1 N–H and O–H groups in total. The lowest BCUT2D eigenvalue weighted by molar-refractivity contribution is -0.389. The lowest BCUT2D eigenvalue weighted by atomic mass is 10.1. The second-order valence-corrected chi connectivity index (χ2v) is 4.39. The molecule has 0 unspecified atom stereocenters. The molecule has 1 aromatic rings. The molecule has 0 aliphatic heterocycles. The van der Waals surface area contributed by atoms with Crippen LogP contribution in [0, 0.1) is 17.0 Å². The van der Waals surface area contributed by atoms with Crippen LogP contribution in [0.25, 0.3) is 0 Å². The summed E-state index contributed by atoms with van der Waals surface area (Å²) in [6.07, 6.45) is 2.94. The molecule has 2 amide bonds.